The number of hydrogen-bond donors (Lipinski definition) is 2. The van der Waals surface area contributed by atoms with Gasteiger partial charge < -0.3 is 25.0 Å². The smallest absolute Gasteiger partial charge is 0.315 e. The van der Waals surface area contributed by atoms with Crippen molar-refractivity contribution < 1.29 is 14.3 Å². The van der Waals surface area contributed by atoms with Crippen LogP contribution in [-0.2, 0) is 16.0 Å². The van der Waals surface area contributed by atoms with E-state index in [1.54, 1.807) is 0 Å². The molecule has 3 fully saturated rings. The zero-order chi connectivity index (χ0) is 17.1. The van der Waals surface area contributed by atoms with E-state index in [1.807, 2.05) is 12.1 Å². The van der Waals surface area contributed by atoms with Gasteiger partial charge >= 0.3 is 6.03 Å². The van der Waals surface area contributed by atoms with E-state index >= 15 is 0 Å². The summed E-state index contributed by atoms with van der Waals surface area (Å²) in [5.41, 5.74) is 2.33. The van der Waals surface area contributed by atoms with E-state index in [1.165, 1.54) is 18.5 Å². The second-order valence-corrected chi connectivity index (χ2v) is 7.12. The number of anilines is 1. The van der Waals surface area contributed by atoms with Crippen LogP contribution in [0, 0.1) is 5.92 Å². The number of para-hydroxylation sites is 1. The van der Waals surface area contributed by atoms with Crippen LogP contribution < -0.4 is 15.5 Å². The summed E-state index contributed by atoms with van der Waals surface area (Å²) in [6, 6.07) is 8.32. The Morgan fingerprint density at radius 2 is 1.92 bits per heavy atom. The van der Waals surface area contributed by atoms with Crippen LogP contribution in [-0.4, -0.2) is 51.1 Å². The van der Waals surface area contributed by atoms with Crippen molar-refractivity contribution in [3.63, 3.8) is 0 Å². The predicted octanol–water partition coefficient (Wildman–Crippen LogP) is 1.89. The minimum absolute atomic E-state index is 0.0991. The van der Waals surface area contributed by atoms with E-state index in [0.717, 1.165) is 44.9 Å². The summed E-state index contributed by atoms with van der Waals surface area (Å²) in [4.78, 5) is 14.7. The Hall–Kier alpha value is -1.79. The van der Waals surface area contributed by atoms with E-state index in [-0.39, 0.29) is 18.2 Å². The highest BCUT2D eigenvalue weighted by atomic mass is 16.5. The highest BCUT2D eigenvalue weighted by Crippen LogP contribution is 2.38. The zero-order valence-corrected chi connectivity index (χ0v) is 14.6. The fourth-order valence-corrected chi connectivity index (χ4v) is 3.82. The SMILES string of the molecule is O=C(NCc1ccccc1N1CCOCC1)N[C@@H]1CCO[C@@H]1C1CC1. The van der Waals surface area contributed by atoms with Gasteiger partial charge in [-0.05, 0) is 36.8 Å². The standard InChI is InChI=1S/C19H27N3O3/c23-19(21-16-7-10-25-18(16)14-5-6-14)20-13-15-3-1-2-4-17(15)22-8-11-24-12-9-22/h1-4,14,16,18H,5-13H2,(H2,20,21,23)/t16-,18-/m1/s1. The molecule has 25 heavy (non-hydrogen) atoms. The lowest BCUT2D eigenvalue weighted by Crippen LogP contribution is -2.46. The average Bonchev–Trinajstić information content (AvgIpc) is 3.40. The molecule has 1 aromatic rings. The van der Waals surface area contributed by atoms with Crippen molar-refractivity contribution in [2.45, 2.75) is 38.0 Å². The van der Waals surface area contributed by atoms with Crippen molar-refractivity contribution in [3.05, 3.63) is 29.8 Å². The van der Waals surface area contributed by atoms with Crippen LogP contribution >= 0.6 is 0 Å². The summed E-state index contributed by atoms with van der Waals surface area (Å²) in [7, 11) is 0. The van der Waals surface area contributed by atoms with Crippen molar-refractivity contribution in [1.82, 2.24) is 10.6 Å². The first kappa shape index (κ1) is 16.7. The second-order valence-electron chi connectivity index (χ2n) is 7.12. The molecule has 6 nitrogen and oxygen atoms in total. The maximum atomic E-state index is 12.3. The first-order valence-corrected chi connectivity index (χ1v) is 9.38. The van der Waals surface area contributed by atoms with Gasteiger partial charge in [-0.25, -0.2) is 4.79 Å². The summed E-state index contributed by atoms with van der Waals surface area (Å²) in [5.74, 6) is 0.648. The maximum absolute atomic E-state index is 12.3. The molecule has 3 aliphatic rings. The molecule has 0 bridgehead atoms. The minimum Gasteiger partial charge on any atom is -0.378 e. The van der Waals surface area contributed by atoms with Crippen LogP contribution in [0.2, 0.25) is 0 Å². The molecule has 0 aromatic heterocycles. The number of benzene rings is 1. The van der Waals surface area contributed by atoms with E-state index in [4.69, 9.17) is 9.47 Å². The molecule has 6 heteroatoms. The Morgan fingerprint density at radius 1 is 1.12 bits per heavy atom. The predicted molar refractivity (Wildman–Crippen MR) is 95.7 cm³/mol. The number of hydrogen-bond acceptors (Lipinski definition) is 4. The number of amides is 2. The van der Waals surface area contributed by atoms with Gasteiger partial charge in [0.1, 0.15) is 0 Å². The first-order valence-electron chi connectivity index (χ1n) is 9.38. The van der Waals surface area contributed by atoms with Crippen LogP contribution in [0.25, 0.3) is 0 Å². The fourth-order valence-electron chi connectivity index (χ4n) is 3.82. The molecule has 1 aliphatic carbocycles. The maximum Gasteiger partial charge on any atom is 0.315 e. The lowest BCUT2D eigenvalue weighted by atomic mass is 10.1. The molecule has 2 atom stereocenters. The highest BCUT2D eigenvalue weighted by molar-refractivity contribution is 5.74. The van der Waals surface area contributed by atoms with E-state index in [9.17, 15) is 4.79 Å². The van der Waals surface area contributed by atoms with Gasteiger partial charge in [0.25, 0.3) is 0 Å². The van der Waals surface area contributed by atoms with Gasteiger partial charge in [-0.3, -0.25) is 0 Å². The first-order chi connectivity index (χ1) is 12.3. The molecule has 0 spiro atoms. The Balaban J connectivity index is 1.32. The number of rotatable bonds is 5. The summed E-state index contributed by atoms with van der Waals surface area (Å²) >= 11 is 0. The van der Waals surface area contributed by atoms with Gasteiger partial charge in [0.2, 0.25) is 0 Å². The molecule has 0 unspecified atom stereocenters. The number of ether oxygens (including phenoxy) is 2. The largest absolute Gasteiger partial charge is 0.378 e. The number of nitrogens with one attached hydrogen (secondary N) is 2. The Kier molecular flexibility index (Phi) is 5.08. The van der Waals surface area contributed by atoms with Crippen LogP contribution in [0.4, 0.5) is 10.5 Å². The van der Waals surface area contributed by atoms with Crippen molar-refractivity contribution in [2.75, 3.05) is 37.8 Å². The van der Waals surface area contributed by atoms with E-state index in [0.29, 0.717) is 12.5 Å². The molecule has 4 rings (SSSR count). The molecule has 136 valence electrons. The molecular formula is C19H27N3O3. The van der Waals surface area contributed by atoms with Crippen molar-refractivity contribution in [2.24, 2.45) is 5.92 Å². The van der Waals surface area contributed by atoms with Gasteiger partial charge in [0, 0.05) is 31.9 Å². The van der Waals surface area contributed by atoms with Crippen LogP contribution in [0.1, 0.15) is 24.8 Å². The lowest BCUT2D eigenvalue weighted by molar-refractivity contribution is 0.0825. The molecule has 2 heterocycles. The topological polar surface area (TPSA) is 62.8 Å². The van der Waals surface area contributed by atoms with Crippen molar-refractivity contribution >= 4 is 11.7 Å². The second kappa shape index (κ2) is 7.62. The summed E-state index contributed by atoms with van der Waals surface area (Å²) < 4.78 is 11.2. The zero-order valence-electron chi connectivity index (χ0n) is 14.6. The third kappa shape index (κ3) is 4.07. The van der Waals surface area contributed by atoms with Gasteiger partial charge in [-0.1, -0.05) is 18.2 Å². The van der Waals surface area contributed by atoms with E-state index in [2.05, 4.69) is 27.7 Å². The Morgan fingerprint density at radius 3 is 2.72 bits per heavy atom. The molecule has 2 saturated heterocycles. The van der Waals surface area contributed by atoms with Crippen LogP contribution in [0.15, 0.2) is 24.3 Å². The molecule has 2 aliphatic heterocycles. The van der Waals surface area contributed by atoms with Gasteiger partial charge in [-0.15, -0.1) is 0 Å². The van der Waals surface area contributed by atoms with Gasteiger partial charge in [0.15, 0.2) is 0 Å². The number of nitrogens with zero attached hydrogens (tertiary/aromatic N) is 1. The number of carbonyl (C=O) groups is 1. The third-order valence-corrected chi connectivity index (χ3v) is 5.32. The van der Waals surface area contributed by atoms with Crippen molar-refractivity contribution in [3.8, 4) is 0 Å². The minimum atomic E-state index is -0.0991. The summed E-state index contributed by atoms with van der Waals surface area (Å²) in [5, 5.41) is 6.13. The van der Waals surface area contributed by atoms with Gasteiger partial charge in [-0.2, -0.15) is 0 Å². The summed E-state index contributed by atoms with van der Waals surface area (Å²) in [6.07, 6.45) is 3.60. The Bertz CT molecular complexity index is 599. The average molecular weight is 345 g/mol. The van der Waals surface area contributed by atoms with E-state index < -0.39 is 0 Å². The highest BCUT2D eigenvalue weighted by Gasteiger charge is 2.41. The molecule has 2 N–H and O–H groups in total. The molecule has 0 radical (unpaired) electrons. The molecule has 2 amide bonds. The van der Waals surface area contributed by atoms with Crippen molar-refractivity contribution in [1.29, 1.82) is 0 Å². The quantitative estimate of drug-likeness (QED) is 0.855. The Labute approximate surface area is 148 Å². The molecule has 1 aromatic carbocycles. The molecule has 1 saturated carbocycles. The monoisotopic (exact) mass is 345 g/mol. The van der Waals surface area contributed by atoms with Crippen LogP contribution in [0.3, 0.4) is 0 Å². The fraction of sp³-hybridized carbons (Fsp3) is 0.632. The third-order valence-electron chi connectivity index (χ3n) is 5.32. The summed E-state index contributed by atoms with van der Waals surface area (Å²) in [6.45, 7) is 4.59. The number of urea groups is 1. The van der Waals surface area contributed by atoms with Gasteiger partial charge in [0.05, 0.1) is 25.4 Å². The molecular weight excluding hydrogens is 318 g/mol. The number of carbonyl (C=O) groups excluding carboxylic acids is 1. The normalized spacial score (nSPS) is 26.5. The lowest BCUT2D eigenvalue weighted by Gasteiger charge is -2.30. The van der Waals surface area contributed by atoms with Crippen LogP contribution in [0.5, 0.6) is 0 Å². The number of morpholine rings is 1.